The molecule has 0 spiro atoms. The molecule has 0 aromatic rings. The first kappa shape index (κ1) is 16.4. The van der Waals surface area contributed by atoms with Crippen molar-refractivity contribution in [2.24, 2.45) is 0 Å². The van der Waals surface area contributed by atoms with Gasteiger partial charge < -0.3 is 9.80 Å². The van der Waals surface area contributed by atoms with E-state index in [4.69, 9.17) is 0 Å². The van der Waals surface area contributed by atoms with Crippen LogP contribution in [0.1, 0.15) is 40.0 Å². The number of rotatable bonds is 7. The van der Waals surface area contributed by atoms with E-state index in [-0.39, 0.29) is 0 Å². The summed E-state index contributed by atoms with van der Waals surface area (Å²) in [5.74, 6) is 0. The number of hydrogen-bond acceptors (Lipinski definition) is 4. The van der Waals surface area contributed by atoms with Crippen LogP contribution in [-0.2, 0) is 0 Å². The molecule has 4 nitrogen and oxygen atoms in total. The molecule has 0 aromatic heterocycles. The van der Waals surface area contributed by atoms with E-state index in [1.54, 1.807) is 0 Å². The van der Waals surface area contributed by atoms with E-state index in [2.05, 4.69) is 42.1 Å². The highest BCUT2D eigenvalue weighted by molar-refractivity contribution is 5.06. The average molecular weight is 266 g/mol. The van der Waals surface area contributed by atoms with Gasteiger partial charge in [-0.15, -0.1) is 0 Å². The second-order valence-corrected chi connectivity index (χ2v) is 5.95. The van der Waals surface area contributed by atoms with Crippen LogP contribution in [0.4, 0.5) is 0 Å². The van der Waals surface area contributed by atoms with Gasteiger partial charge in [0.15, 0.2) is 0 Å². The Bertz CT molecular complexity index is 291. The summed E-state index contributed by atoms with van der Waals surface area (Å²) < 4.78 is 0. The molecule has 0 saturated carbocycles. The first-order chi connectivity index (χ1) is 9.04. The van der Waals surface area contributed by atoms with Crippen LogP contribution in [0.2, 0.25) is 0 Å². The fourth-order valence-electron chi connectivity index (χ4n) is 2.84. The van der Waals surface area contributed by atoms with Crippen molar-refractivity contribution in [2.75, 3.05) is 39.8 Å². The van der Waals surface area contributed by atoms with Gasteiger partial charge >= 0.3 is 0 Å². The Kier molecular flexibility index (Phi) is 6.78. The Morgan fingerprint density at radius 3 is 2.47 bits per heavy atom. The van der Waals surface area contributed by atoms with Crippen molar-refractivity contribution >= 4 is 0 Å². The highest BCUT2D eigenvalue weighted by atomic mass is 15.2. The van der Waals surface area contributed by atoms with Crippen LogP contribution in [0.3, 0.4) is 0 Å². The van der Waals surface area contributed by atoms with Crippen molar-refractivity contribution in [3.05, 3.63) is 0 Å². The lowest BCUT2D eigenvalue weighted by molar-refractivity contribution is 0.116. The van der Waals surface area contributed by atoms with Crippen LogP contribution >= 0.6 is 0 Å². The Morgan fingerprint density at radius 2 is 2.00 bits per heavy atom. The molecule has 110 valence electrons. The average Bonchev–Trinajstić information content (AvgIpc) is 2.45. The molecule has 1 fully saturated rings. The Balaban J connectivity index is 2.45. The molecule has 0 amide bonds. The Labute approximate surface area is 118 Å². The largest absolute Gasteiger partial charge is 0.303 e. The molecule has 19 heavy (non-hydrogen) atoms. The van der Waals surface area contributed by atoms with E-state index in [0.29, 0.717) is 6.04 Å². The minimum Gasteiger partial charge on any atom is -0.303 e. The van der Waals surface area contributed by atoms with Gasteiger partial charge in [0.2, 0.25) is 0 Å². The number of nitriles is 1. The zero-order valence-corrected chi connectivity index (χ0v) is 13.1. The fourth-order valence-corrected chi connectivity index (χ4v) is 2.84. The summed E-state index contributed by atoms with van der Waals surface area (Å²) in [6.07, 6.45) is 3.51. The van der Waals surface area contributed by atoms with Gasteiger partial charge in [-0.3, -0.25) is 5.32 Å². The van der Waals surface area contributed by atoms with Crippen LogP contribution in [0.25, 0.3) is 0 Å². The summed E-state index contributed by atoms with van der Waals surface area (Å²) in [5.41, 5.74) is -0.424. The maximum atomic E-state index is 9.39. The lowest BCUT2D eigenvalue weighted by Gasteiger charge is -2.39. The summed E-state index contributed by atoms with van der Waals surface area (Å²) in [4.78, 5) is 4.88. The van der Waals surface area contributed by atoms with E-state index in [1.165, 1.54) is 25.9 Å². The highest BCUT2D eigenvalue weighted by Gasteiger charge is 2.29. The Morgan fingerprint density at radius 1 is 1.37 bits per heavy atom. The zero-order valence-electron chi connectivity index (χ0n) is 13.1. The van der Waals surface area contributed by atoms with Crippen molar-refractivity contribution in [1.82, 2.24) is 15.1 Å². The van der Waals surface area contributed by atoms with Crippen molar-refractivity contribution in [3.8, 4) is 6.07 Å². The third-order valence-electron chi connectivity index (χ3n) is 4.21. The van der Waals surface area contributed by atoms with E-state index in [0.717, 1.165) is 26.1 Å². The monoisotopic (exact) mass is 266 g/mol. The first-order valence-electron chi connectivity index (χ1n) is 7.63. The predicted octanol–water partition coefficient (Wildman–Crippen LogP) is 1.68. The fraction of sp³-hybridized carbons (Fsp3) is 0.933. The minimum atomic E-state index is -0.424. The summed E-state index contributed by atoms with van der Waals surface area (Å²) >= 11 is 0. The van der Waals surface area contributed by atoms with Gasteiger partial charge in [0.25, 0.3) is 0 Å². The summed E-state index contributed by atoms with van der Waals surface area (Å²) in [5, 5.41) is 12.8. The van der Waals surface area contributed by atoms with Crippen LogP contribution in [-0.4, -0.2) is 61.2 Å². The molecule has 4 heteroatoms. The number of likely N-dealkylation sites (N-methyl/N-ethyl adjacent to an activating group) is 1. The predicted molar refractivity (Wildman–Crippen MR) is 80.1 cm³/mol. The molecule has 1 aliphatic heterocycles. The number of nitrogens with zero attached hydrogens (tertiary/aromatic N) is 3. The van der Waals surface area contributed by atoms with Crippen LogP contribution in [0, 0.1) is 11.3 Å². The van der Waals surface area contributed by atoms with E-state index < -0.39 is 5.54 Å². The summed E-state index contributed by atoms with van der Waals surface area (Å²) in [6, 6.07) is 3.06. The second kappa shape index (κ2) is 7.84. The van der Waals surface area contributed by atoms with Gasteiger partial charge in [0.1, 0.15) is 5.54 Å². The maximum absolute atomic E-state index is 9.39. The Hall–Kier alpha value is -0.630. The maximum Gasteiger partial charge on any atom is 0.116 e. The first-order valence-corrected chi connectivity index (χ1v) is 7.63. The molecule has 1 atom stereocenters. The molecule has 1 heterocycles. The van der Waals surface area contributed by atoms with Crippen molar-refractivity contribution < 1.29 is 0 Å². The molecule has 1 aliphatic rings. The van der Waals surface area contributed by atoms with Gasteiger partial charge in [0, 0.05) is 12.6 Å². The van der Waals surface area contributed by atoms with Crippen LogP contribution < -0.4 is 5.32 Å². The SMILES string of the molecule is CCCNC(C)(C#N)CN(C)C1CCN(CC)CC1. The van der Waals surface area contributed by atoms with Gasteiger partial charge in [-0.25, -0.2) is 0 Å². The van der Waals surface area contributed by atoms with Crippen molar-refractivity contribution in [3.63, 3.8) is 0 Å². The van der Waals surface area contributed by atoms with E-state index in [1.807, 2.05) is 6.92 Å². The van der Waals surface area contributed by atoms with Crippen LogP contribution in [0.15, 0.2) is 0 Å². The number of likely N-dealkylation sites (tertiary alicyclic amines) is 1. The number of piperidine rings is 1. The normalized spacial score (nSPS) is 21.3. The quantitative estimate of drug-likeness (QED) is 0.761. The third kappa shape index (κ3) is 5.10. The second-order valence-electron chi connectivity index (χ2n) is 5.95. The molecule has 1 unspecified atom stereocenters. The van der Waals surface area contributed by atoms with Gasteiger partial charge in [0.05, 0.1) is 6.07 Å². The highest BCUT2D eigenvalue weighted by Crippen LogP contribution is 2.17. The molecule has 0 radical (unpaired) electrons. The van der Waals surface area contributed by atoms with Crippen molar-refractivity contribution in [2.45, 2.75) is 51.6 Å². The van der Waals surface area contributed by atoms with Gasteiger partial charge in [-0.2, -0.15) is 5.26 Å². The zero-order chi connectivity index (χ0) is 14.3. The number of hydrogen-bond donors (Lipinski definition) is 1. The number of nitrogens with one attached hydrogen (secondary N) is 1. The minimum absolute atomic E-state index is 0.424. The molecular weight excluding hydrogens is 236 g/mol. The molecule has 1 N–H and O–H groups in total. The molecule has 0 aromatic carbocycles. The van der Waals surface area contributed by atoms with E-state index in [9.17, 15) is 5.26 Å². The van der Waals surface area contributed by atoms with E-state index >= 15 is 0 Å². The molecule has 0 bridgehead atoms. The van der Waals surface area contributed by atoms with Gasteiger partial charge in [-0.05, 0) is 59.4 Å². The molecule has 0 aliphatic carbocycles. The summed E-state index contributed by atoms with van der Waals surface area (Å²) in [6.45, 7) is 11.6. The molecule has 1 saturated heterocycles. The van der Waals surface area contributed by atoms with Crippen molar-refractivity contribution in [1.29, 1.82) is 5.26 Å². The molecular formula is C15H30N4. The summed E-state index contributed by atoms with van der Waals surface area (Å²) in [7, 11) is 2.16. The smallest absolute Gasteiger partial charge is 0.116 e. The van der Waals surface area contributed by atoms with Crippen LogP contribution in [0.5, 0.6) is 0 Å². The van der Waals surface area contributed by atoms with Gasteiger partial charge in [-0.1, -0.05) is 13.8 Å². The third-order valence-corrected chi connectivity index (χ3v) is 4.21. The lowest BCUT2D eigenvalue weighted by Crippen LogP contribution is -2.53. The standard InChI is InChI=1S/C15H30N4/c1-5-9-17-15(3,12-16)13-18(4)14-7-10-19(6-2)11-8-14/h14,17H,5-11,13H2,1-4H3. The lowest BCUT2D eigenvalue weighted by atomic mass is 9.99. The topological polar surface area (TPSA) is 42.3 Å². The molecule has 1 rings (SSSR count).